The maximum atomic E-state index is 5.10. The minimum Gasteiger partial charge on any atom is -0.300 e. The highest BCUT2D eigenvalue weighted by Gasteiger charge is 2.01. The smallest absolute Gasteiger partial charge is 0.229 e. The van der Waals surface area contributed by atoms with Crippen molar-refractivity contribution in [1.29, 1.82) is 0 Å². The Labute approximate surface area is 122 Å². The van der Waals surface area contributed by atoms with Gasteiger partial charge in [-0.25, -0.2) is 9.97 Å². The van der Waals surface area contributed by atoms with Gasteiger partial charge in [-0.15, -0.1) is 0 Å². The maximum Gasteiger partial charge on any atom is 0.229 e. The number of pyridine rings is 1. The predicted octanol–water partition coefficient (Wildman–Crippen LogP) is 1.81. The van der Waals surface area contributed by atoms with E-state index < -0.39 is 0 Å². The van der Waals surface area contributed by atoms with E-state index in [1.807, 2.05) is 38.1 Å². The highest BCUT2D eigenvalue weighted by atomic mass is 32.1. The number of hydrogen-bond acceptors (Lipinski definition) is 5. The third-order valence-corrected chi connectivity index (χ3v) is 2.45. The van der Waals surface area contributed by atoms with Gasteiger partial charge in [-0.1, -0.05) is 6.07 Å². The van der Waals surface area contributed by atoms with Gasteiger partial charge in [0.1, 0.15) is 0 Å². The highest BCUT2D eigenvalue weighted by Crippen LogP contribution is 2.03. The van der Waals surface area contributed by atoms with Gasteiger partial charge in [-0.05, 0) is 44.3 Å². The van der Waals surface area contributed by atoms with Crippen LogP contribution in [-0.4, -0.2) is 26.3 Å². The van der Waals surface area contributed by atoms with E-state index in [4.69, 9.17) is 12.2 Å². The van der Waals surface area contributed by atoms with Crippen LogP contribution >= 0.6 is 12.2 Å². The molecule has 7 heteroatoms. The van der Waals surface area contributed by atoms with Crippen molar-refractivity contribution >= 4 is 29.5 Å². The molecule has 0 aromatic carbocycles. The molecule has 2 rings (SSSR count). The molecule has 0 aliphatic carbocycles. The fourth-order valence-electron chi connectivity index (χ4n) is 1.52. The van der Waals surface area contributed by atoms with Crippen LogP contribution in [0.1, 0.15) is 17.1 Å². The molecule has 0 saturated carbocycles. The summed E-state index contributed by atoms with van der Waals surface area (Å²) in [4.78, 5) is 12.6. The molecule has 2 N–H and O–H groups in total. The van der Waals surface area contributed by atoms with Crippen molar-refractivity contribution < 1.29 is 0 Å². The fraction of sp³-hybridized carbons (Fsp3) is 0.154. The molecule has 2 aromatic rings. The van der Waals surface area contributed by atoms with Crippen LogP contribution in [0.2, 0.25) is 0 Å². The molecule has 0 unspecified atom stereocenters. The van der Waals surface area contributed by atoms with Gasteiger partial charge in [0.2, 0.25) is 5.95 Å². The Morgan fingerprint density at radius 1 is 1.25 bits per heavy atom. The zero-order valence-electron chi connectivity index (χ0n) is 11.2. The Morgan fingerprint density at radius 3 is 2.65 bits per heavy atom. The summed E-state index contributed by atoms with van der Waals surface area (Å²) in [7, 11) is 0. The summed E-state index contributed by atoms with van der Waals surface area (Å²) < 4.78 is 0. The first-order valence-electron chi connectivity index (χ1n) is 5.97. The average Bonchev–Trinajstić information content (AvgIpc) is 2.38. The number of aromatic nitrogens is 3. The number of hydrazone groups is 1. The van der Waals surface area contributed by atoms with Gasteiger partial charge in [0.25, 0.3) is 0 Å². The number of aryl methyl sites for hydroxylation is 2. The zero-order chi connectivity index (χ0) is 14.4. The van der Waals surface area contributed by atoms with Crippen LogP contribution in [0.4, 0.5) is 5.95 Å². The summed E-state index contributed by atoms with van der Waals surface area (Å²) in [5, 5.41) is 7.18. The molecule has 20 heavy (non-hydrogen) atoms. The van der Waals surface area contributed by atoms with Gasteiger partial charge >= 0.3 is 0 Å². The Morgan fingerprint density at radius 2 is 2.00 bits per heavy atom. The topological polar surface area (TPSA) is 75.1 Å². The van der Waals surface area contributed by atoms with Crippen LogP contribution in [0.25, 0.3) is 0 Å². The van der Waals surface area contributed by atoms with Crippen LogP contribution in [-0.2, 0) is 0 Å². The van der Waals surface area contributed by atoms with Crippen molar-refractivity contribution in [1.82, 2.24) is 20.4 Å². The number of nitrogens with zero attached hydrogens (tertiary/aromatic N) is 4. The van der Waals surface area contributed by atoms with E-state index in [1.54, 1.807) is 12.4 Å². The van der Waals surface area contributed by atoms with Gasteiger partial charge in [0.15, 0.2) is 5.11 Å². The summed E-state index contributed by atoms with van der Waals surface area (Å²) in [5.41, 5.74) is 5.18. The first-order valence-corrected chi connectivity index (χ1v) is 6.38. The lowest BCUT2D eigenvalue weighted by Crippen LogP contribution is -2.25. The van der Waals surface area contributed by atoms with Gasteiger partial charge in [0, 0.05) is 17.6 Å². The normalized spacial score (nSPS) is 10.5. The molecule has 0 saturated heterocycles. The van der Waals surface area contributed by atoms with Crippen LogP contribution in [0.3, 0.4) is 0 Å². The minimum atomic E-state index is 0.321. The third kappa shape index (κ3) is 4.36. The molecule has 0 atom stereocenters. The quantitative estimate of drug-likeness (QED) is 0.509. The van der Waals surface area contributed by atoms with E-state index in [9.17, 15) is 0 Å². The highest BCUT2D eigenvalue weighted by molar-refractivity contribution is 7.80. The second kappa shape index (κ2) is 6.67. The Kier molecular flexibility index (Phi) is 4.67. The molecule has 6 nitrogen and oxygen atoms in total. The summed E-state index contributed by atoms with van der Waals surface area (Å²) in [5.74, 6) is 0.452. The van der Waals surface area contributed by atoms with E-state index in [-0.39, 0.29) is 0 Å². The molecule has 102 valence electrons. The first-order chi connectivity index (χ1) is 9.63. The molecule has 2 heterocycles. The number of thiocarbonyl (C=S) groups is 1. The van der Waals surface area contributed by atoms with E-state index in [0.29, 0.717) is 11.1 Å². The van der Waals surface area contributed by atoms with Crippen LogP contribution in [0.15, 0.2) is 35.6 Å². The fourth-order valence-corrected chi connectivity index (χ4v) is 1.66. The lowest BCUT2D eigenvalue weighted by atomic mass is 10.4. The van der Waals surface area contributed by atoms with E-state index in [2.05, 4.69) is 30.8 Å². The maximum absolute atomic E-state index is 5.10. The van der Waals surface area contributed by atoms with Gasteiger partial charge < -0.3 is 0 Å². The monoisotopic (exact) mass is 286 g/mol. The SMILES string of the molecule is Cc1cc(C)nc(NC(=S)N/N=C/c2ccccn2)n1. The lowest BCUT2D eigenvalue weighted by molar-refractivity contribution is 1.02. The first kappa shape index (κ1) is 14.0. The third-order valence-electron chi connectivity index (χ3n) is 2.26. The number of anilines is 1. The van der Waals surface area contributed by atoms with E-state index in [1.165, 1.54) is 0 Å². The summed E-state index contributed by atoms with van der Waals surface area (Å²) in [6.07, 6.45) is 3.28. The molecule has 0 bridgehead atoms. The zero-order valence-corrected chi connectivity index (χ0v) is 12.0. The molecule has 0 radical (unpaired) electrons. The second-order valence-corrected chi connectivity index (χ2v) is 4.46. The predicted molar refractivity (Wildman–Crippen MR) is 82.7 cm³/mol. The van der Waals surface area contributed by atoms with Crippen molar-refractivity contribution in [3.63, 3.8) is 0 Å². The Hall–Kier alpha value is -2.41. The molecule has 2 aromatic heterocycles. The average molecular weight is 286 g/mol. The largest absolute Gasteiger partial charge is 0.300 e. The molecular formula is C13H14N6S. The molecule has 0 fully saturated rings. The van der Waals surface area contributed by atoms with E-state index >= 15 is 0 Å². The Bertz CT molecular complexity index is 606. The minimum absolute atomic E-state index is 0.321. The molecular weight excluding hydrogens is 272 g/mol. The molecule has 0 spiro atoms. The number of nitrogens with one attached hydrogen (secondary N) is 2. The number of rotatable bonds is 3. The van der Waals surface area contributed by atoms with Crippen molar-refractivity contribution in [2.75, 3.05) is 5.32 Å². The van der Waals surface area contributed by atoms with Crippen molar-refractivity contribution in [2.24, 2.45) is 5.10 Å². The second-order valence-electron chi connectivity index (χ2n) is 4.05. The van der Waals surface area contributed by atoms with E-state index in [0.717, 1.165) is 17.1 Å². The summed E-state index contributed by atoms with van der Waals surface area (Å²) in [6, 6.07) is 7.46. The van der Waals surface area contributed by atoms with Crippen molar-refractivity contribution in [3.05, 3.63) is 47.5 Å². The molecule has 0 aliphatic rings. The Balaban J connectivity index is 1.91. The van der Waals surface area contributed by atoms with Gasteiger partial charge in [-0.2, -0.15) is 5.10 Å². The lowest BCUT2D eigenvalue weighted by Gasteiger charge is -2.06. The standard InChI is InChI=1S/C13H14N6S/c1-9-7-10(2)17-12(16-9)18-13(20)19-15-8-11-5-3-4-6-14-11/h3-8H,1-2H3,(H2,16,17,18,19,20)/b15-8+. The number of hydrogen-bond donors (Lipinski definition) is 2. The van der Waals surface area contributed by atoms with Crippen LogP contribution in [0.5, 0.6) is 0 Å². The van der Waals surface area contributed by atoms with Crippen molar-refractivity contribution in [3.8, 4) is 0 Å². The summed E-state index contributed by atoms with van der Waals surface area (Å²) in [6.45, 7) is 3.80. The van der Waals surface area contributed by atoms with Crippen LogP contribution in [0, 0.1) is 13.8 Å². The molecule has 0 amide bonds. The van der Waals surface area contributed by atoms with Crippen LogP contribution < -0.4 is 10.7 Å². The van der Waals surface area contributed by atoms with Crippen molar-refractivity contribution in [2.45, 2.75) is 13.8 Å². The van der Waals surface area contributed by atoms with Gasteiger partial charge in [-0.3, -0.25) is 15.7 Å². The molecule has 0 aliphatic heterocycles. The van der Waals surface area contributed by atoms with Gasteiger partial charge in [0.05, 0.1) is 11.9 Å². The summed E-state index contributed by atoms with van der Waals surface area (Å²) >= 11 is 5.10.